The Morgan fingerprint density at radius 2 is 1.88 bits per heavy atom. The van der Waals surface area contributed by atoms with Crippen molar-refractivity contribution in [3.8, 4) is 0 Å². The van der Waals surface area contributed by atoms with Gasteiger partial charge in [-0.25, -0.2) is 8.42 Å². The Labute approximate surface area is 156 Å². The lowest BCUT2D eigenvalue weighted by Crippen LogP contribution is -2.42. The topological polar surface area (TPSA) is 88.3 Å². The number of sulfonamides is 1. The molecule has 26 heavy (non-hydrogen) atoms. The van der Waals surface area contributed by atoms with E-state index in [0.29, 0.717) is 5.02 Å². The second kappa shape index (κ2) is 7.49. The fourth-order valence-electron chi connectivity index (χ4n) is 2.70. The number of halogens is 1. The molecule has 0 spiro atoms. The Kier molecular flexibility index (Phi) is 5.31. The molecular formula is C18H17ClN2O4S. The molecule has 0 fully saturated rings. The van der Waals surface area contributed by atoms with Gasteiger partial charge in [0.05, 0.1) is 12.0 Å². The molecule has 136 valence electrons. The number of carbonyl (C=O) groups excluding carboxylic acids is 1. The number of methoxy groups -OCH3 is 1. The molecule has 0 saturated heterocycles. The first kappa shape index (κ1) is 18.4. The predicted octanol–water partition coefficient (Wildman–Crippen LogP) is 2.88. The molecule has 1 unspecified atom stereocenters. The third-order valence-corrected chi connectivity index (χ3v) is 5.75. The van der Waals surface area contributed by atoms with Crippen molar-refractivity contribution in [2.45, 2.75) is 17.4 Å². The molecule has 2 aromatic carbocycles. The molecule has 0 bridgehead atoms. The fraction of sp³-hybridized carbons (Fsp3) is 0.167. The Balaban J connectivity index is 1.89. The zero-order chi connectivity index (χ0) is 18.7. The summed E-state index contributed by atoms with van der Waals surface area (Å²) in [6.45, 7) is 0. The smallest absolute Gasteiger partial charge is 0.324 e. The van der Waals surface area contributed by atoms with Gasteiger partial charge in [0.2, 0.25) is 10.0 Å². The van der Waals surface area contributed by atoms with Crippen LogP contribution in [0.1, 0.15) is 5.56 Å². The molecular weight excluding hydrogens is 376 g/mol. The Bertz CT molecular complexity index is 1030. The SMILES string of the molecule is COC(=O)C(Cc1c[nH]c2ccccc12)NS(=O)(=O)c1ccc(Cl)cc1. The Morgan fingerprint density at radius 3 is 2.58 bits per heavy atom. The molecule has 0 aliphatic heterocycles. The van der Waals surface area contributed by atoms with Gasteiger partial charge < -0.3 is 9.72 Å². The summed E-state index contributed by atoms with van der Waals surface area (Å²) in [7, 11) is -2.68. The van der Waals surface area contributed by atoms with E-state index in [4.69, 9.17) is 16.3 Å². The van der Waals surface area contributed by atoms with Gasteiger partial charge in [-0.1, -0.05) is 29.8 Å². The van der Waals surface area contributed by atoms with Crippen molar-refractivity contribution in [1.29, 1.82) is 0 Å². The lowest BCUT2D eigenvalue weighted by atomic mass is 10.1. The molecule has 1 atom stereocenters. The molecule has 3 rings (SSSR count). The van der Waals surface area contributed by atoms with Gasteiger partial charge in [0, 0.05) is 28.5 Å². The standard InChI is InChI=1S/C18H17ClN2O4S/c1-25-18(22)17(10-12-11-20-16-5-3-2-4-15(12)16)21-26(23,24)14-8-6-13(19)7-9-14/h2-9,11,17,20-21H,10H2,1H3. The van der Waals surface area contributed by atoms with Gasteiger partial charge in [0.25, 0.3) is 0 Å². The van der Waals surface area contributed by atoms with Crippen molar-refractivity contribution >= 4 is 38.5 Å². The third-order valence-electron chi connectivity index (χ3n) is 4.01. The summed E-state index contributed by atoms with van der Waals surface area (Å²) in [6.07, 6.45) is 1.92. The van der Waals surface area contributed by atoms with Crippen LogP contribution in [-0.2, 0) is 26.0 Å². The molecule has 8 heteroatoms. The highest BCUT2D eigenvalue weighted by Gasteiger charge is 2.27. The van der Waals surface area contributed by atoms with E-state index in [2.05, 4.69) is 9.71 Å². The predicted molar refractivity (Wildman–Crippen MR) is 99.6 cm³/mol. The highest BCUT2D eigenvalue weighted by atomic mass is 35.5. The summed E-state index contributed by atoms with van der Waals surface area (Å²) in [5.41, 5.74) is 1.72. The van der Waals surface area contributed by atoms with Crippen LogP contribution in [-0.4, -0.2) is 32.5 Å². The largest absolute Gasteiger partial charge is 0.468 e. The van der Waals surface area contributed by atoms with Crippen molar-refractivity contribution in [2.24, 2.45) is 0 Å². The molecule has 0 aliphatic rings. The first-order valence-corrected chi connectivity index (χ1v) is 9.67. The van der Waals surface area contributed by atoms with Gasteiger partial charge in [0.15, 0.2) is 0 Å². The second-order valence-corrected chi connectivity index (χ2v) is 7.86. The normalized spacial score (nSPS) is 12.8. The number of para-hydroxylation sites is 1. The van der Waals surface area contributed by atoms with Gasteiger partial charge in [-0.15, -0.1) is 0 Å². The van der Waals surface area contributed by atoms with Crippen LogP contribution >= 0.6 is 11.6 Å². The molecule has 1 heterocycles. The van der Waals surface area contributed by atoms with E-state index >= 15 is 0 Å². The number of aromatic amines is 1. The number of hydrogen-bond acceptors (Lipinski definition) is 4. The van der Waals surface area contributed by atoms with Crippen molar-refractivity contribution < 1.29 is 17.9 Å². The van der Waals surface area contributed by atoms with E-state index in [9.17, 15) is 13.2 Å². The minimum absolute atomic E-state index is 0.0229. The maximum Gasteiger partial charge on any atom is 0.324 e. The van der Waals surface area contributed by atoms with Crippen molar-refractivity contribution in [1.82, 2.24) is 9.71 Å². The lowest BCUT2D eigenvalue weighted by molar-refractivity contribution is -0.142. The van der Waals surface area contributed by atoms with Crippen molar-refractivity contribution in [3.05, 3.63) is 65.3 Å². The Morgan fingerprint density at radius 1 is 1.19 bits per heavy atom. The molecule has 0 radical (unpaired) electrons. The highest BCUT2D eigenvalue weighted by Crippen LogP contribution is 2.20. The maximum atomic E-state index is 12.6. The van der Waals surface area contributed by atoms with E-state index in [1.807, 2.05) is 24.3 Å². The van der Waals surface area contributed by atoms with Gasteiger partial charge >= 0.3 is 5.97 Å². The summed E-state index contributed by atoms with van der Waals surface area (Å²) in [4.78, 5) is 15.3. The zero-order valence-electron chi connectivity index (χ0n) is 13.9. The zero-order valence-corrected chi connectivity index (χ0v) is 15.5. The summed E-state index contributed by atoms with van der Waals surface area (Å²) in [5.74, 6) is -0.659. The summed E-state index contributed by atoms with van der Waals surface area (Å²) >= 11 is 5.80. The van der Waals surface area contributed by atoms with E-state index < -0.39 is 22.0 Å². The number of nitrogens with one attached hydrogen (secondary N) is 2. The average Bonchev–Trinajstić information content (AvgIpc) is 3.04. The molecule has 3 aromatic rings. The number of benzene rings is 2. The number of ether oxygens (including phenoxy) is 1. The van der Waals surface area contributed by atoms with Crippen molar-refractivity contribution in [3.63, 3.8) is 0 Å². The van der Waals surface area contributed by atoms with E-state index in [-0.39, 0.29) is 11.3 Å². The first-order chi connectivity index (χ1) is 12.4. The molecule has 0 saturated carbocycles. The molecule has 0 aliphatic carbocycles. The van der Waals surface area contributed by atoms with Crippen LogP contribution in [0.4, 0.5) is 0 Å². The lowest BCUT2D eigenvalue weighted by Gasteiger charge is -2.16. The third kappa shape index (κ3) is 3.90. The summed E-state index contributed by atoms with van der Waals surface area (Å²) in [5, 5.41) is 1.35. The van der Waals surface area contributed by atoms with E-state index in [0.717, 1.165) is 16.5 Å². The number of H-pyrrole nitrogens is 1. The quantitative estimate of drug-likeness (QED) is 0.631. The number of fused-ring (bicyclic) bond motifs is 1. The van der Waals surface area contributed by atoms with Gasteiger partial charge in [-0.3, -0.25) is 4.79 Å². The van der Waals surface area contributed by atoms with Crippen LogP contribution in [0, 0.1) is 0 Å². The molecule has 6 nitrogen and oxygen atoms in total. The molecule has 1 aromatic heterocycles. The van der Waals surface area contributed by atoms with Crippen LogP contribution in [0.3, 0.4) is 0 Å². The molecule has 0 amide bonds. The fourth-order valence-corrected chi connectivity index (χ4v) is 4.02. The summed E-state index contributed by atoms with van der Waals surface area (Å²) in [6, 6.07) is 12.2. The number of aromatic nitrogens is 1. The average molecular weight is 393 g/mol. The van der Waals surface area contributed by atoms with Gasteiger partial charge in [0.1, 0.15) is 6.04 Å². The number of rotatable bonds is 6. The maximum absolute atomic E-state index is 12.6. The number of carbonyl (C=O) groups is 1. The monoisotopic (exact) mass is 392 g/mol. The minimum atomic E-state index is -3.91. The van der Waals surface area contributed by atoms with E-state index in [1.165, 1.54) is 31.4 Å². The van der Waals surface area contributed by atoms with Crippen LogP contribution < -0.4 is 4.72 Å². The van der Waals surface area contributed by atoms with Crippen LogP contribution in [0.5, 0.6) is 0 Å². The first-order valence-electron chi connectivity index (χ1n) is 7.81. The van der Waals surface area contributed by atoms with Crippen LogP contribution in [0.15, 0.2) is 59.6 Å². The van der Waals surface area contributed by atoms with Gasteiger partial charge in [-0.2, -0.15) is 4.72 Å². The minimum Gasteiger partial charge on any atom is -0.468 e. The summed E-state index contributed by atoms with van der Waals surface area (Å²) < 4.78 is 32.4. The van der Waals surface area contributed by atoms with Crippen LogP contribution in [0.25, 0.3) is 10.9 Å². The second-order valence-electron chi connectivity index (χ2n) is 5.71. The van der Waals surface area contributed by atoms with Crippen molar-refractivity contribution in [2.75, 3.05) is 7.11 Å². The number of hydrogen-bond donors (Lipinski definition) is 2. The number of esters is 1. The van der Waals surface area contributed by atoms with Crippen LogP contribution in [0.2, 0.25) is 5.02 Å². The Hall–Kier alpha value is -2.35. The highest BCUT2D eigenvalue weighted by molar-refractivity contribution is 7.89. The van der Waals surface area contributed by atoms with Gasteiger partial charge in [-0.05, 0) is 35.9 Å². The van der Waals surface area contributed by atoms with E-state index in [1.54, 1.807) is 6.20 Å². The molecule has 2 N–H and O–H groups in total.